The van der Waals surface area contributed by atoms with Crippen LogP contribution < -0.4 is 4.74 Å². The maximum absolute atomic E-state index is 13.2. The number of benzene rings is 3. The summed E-state index contributed by atoms with van der Waals surface area (Å²) in [6.07, 6.45) is 2.48. The molecule has 0 fully saturated rings. The van der Waals surface area contributed by atoms with E-state index in [9.17, 15) is 14.7 Å². The highest BCUT2D eigenvalue weighted by Gasteiger charge is 2.35. The van der Waals surface area contributed by atoms with Gasteiger partial charge in [-0.3, -0.25) is 9.59 Å². The maximum atomic E-state index is 13.2. The Hall–Kier alpha value is -3.60. The van der Waals surface area contributed by atoms with Crippen molar-refractivity contribution >= 4 is 11.9 Å². The highest BCUT2D eigenvalue weighted by molar-refractivity contribution is 5.96. The van der Waals surface area contributed by atoms with Gasteiger partial charge in [0.15, 0.2) is 0 Å². The quantitative estimate of drug-likeness (QED) is 0.537. The number of aliphatic carboxylic acids is 1. The van der Waals surface area contributed by atoms with E-state index in [1.165, 1.54) is 16.0 Å². The van der Waals surface area contributed by atoms with Crippen LogP contribution in [0.25, 0.3) is 0 Å². The SMILES string of the molecule is CCc1ccc(C[C@]2(C)Cc3cc(C(=O)N(CC(=O)O)Cc4ccccc4)ccc3O2)cc1. The third-order valence-corrected chi connectivity index (χ3v) is 6.07. The molecule has 0 bridgehead atoms. The van der Waals surface area contributed by atoms with Crippen LogP contribution in [-0.4, -0.2) is 34.0 Å². The Bertz CT molecular complexity index is 1140. The molecule has 1 aliphatic heterocycles. The number of rotatable bonds is 8. The fourth-order valence-corrected chi connectivity index (χ4v) is 4.43. The van der Waals surface area contributed by atoms with E-state index in [1.54, 1.807) is 6.07 Å². The van der Waals surface area contributed by atoms with Gasteiger partial charge in [-0.15, -0.1) is 0 Å². The van der Waals surface area contributed by atoms with Crippen molar-refractivity contribution in [1.82, 2.24) is 4.90 Å². The van der Waals surface area contributed by atoms with Gasteiger partial charge in [-0.2, -0.15) is 0 Å². The number of carbonyl (C=O) groups excluding carboxylic acids is 1. The molecule has 0 saturated heterocycles. The van der Waals surface area contributed by atoms with Gasteiger partial charge in [-0.05, 0) is 53.8 Å². The monoisotopic (exact) mass is 443 g/mol. The first-order valence-electron chi connectivity index (χ1n) is 11.3. The number of carboxylic acid groups (broad SMARTS) is 1. The summed E-state index contributed by atoms with van der Waals surface area (Å²) in [5.74, 6) is -0.551. The number of fused-ring (bicyclic) bond motifs is 1. The van der Waals surface area contributed by atoms with Crippen LogP contribution in [0.3, 0.4) is 0 Å². The van der Waals surface area contributed by atoms with Crippen LogP contribution in [0.2, 0.25) is 0 Å². The summed E-state index contributed by atoms with van der Waals surface area (Å²) < 4.78 is 6.29. The largest absolute Gasteiger partial charge is 0.487 e. The number of amides is 1. The highest BCUT2D eigenvalue weighted by Crippen LogP contribution is 2.37. The van der Waals surface area contributed by atoms with E-state index in [0.717, 1.165) is 29.7 Å². The molecule has 0 aliphatic carbocycles. The number of hydrogen-bond acceptors (Lipinski definition) is 3. The summed E-state index contributed by atoms with van der Waals surface area (Å²) in [4.78, 5) is 26.0. The van der Waals surface area contributed by atoms with E-state index in [1.807, 2.05) is 42.5 Å². The Labute approximate surface area is 194 Å². The molecule has 4 rings (SSSR count). The van der Waals surface area contributed by atoms with E-state index in [4.69, 9.17) is 4.74 Å². The fraction of sp³-hybridized carbons (Fsp3) is 0.286. The summed E-state index contributed by atoms with van der Waals surface area (Å²) in [5.41, 5.74) is 4.48. The molecule has 5 nitrogen and oxygen atoms in total. The van der Waals surface area contributed by atoms with Gasteiger partial charge in [-0.1, -0.05) is 61.5 Å². The molecule has 3 aromatic rings. The van der Waals surface area contributed by atoms with Crippen LogP contribution in [0.15, 0.2) is 72.8 Å². The zero-order valence-corrected chi connectivity index (χ0v) is 19.1. The molecule has 170 valence electrons. The summed E-state index contributed by atoms with van der Waals surface area (Å²) in [6.45, 7) is 4.12. The minimum Gasteiger partial charge on any atom is -0.487 e. The summed E-state index contributed by atoms with van der Waals surface area (Å²) in [7, 11) is 0. The van der Waals surface area contributed by atoms with Gasteiger partial charge in [-0.25, -0.2) is 0 Å². The molecule has 5 heteroatoms. The van der Waals surface area contributed by atoms with E-state index >= 15 is 0 Å². The number of carboxylic acids is 1. The lowest BCUT2D eigenvalue weighted by molar-refractivity contribution is -0.137. The average Bonchev–Trinajstić information content (AvgIpc) is 3.14. The zero-order chi connectivity index (χ0) is 23.4. The highest BCUT2D eigenvalue weighted by atomic mass is 16.5. The summed E-state index contributed by atoms with van der Waals surface area (Å²) >= 11 is 0. The summed E-state index contributed by atoms with van der Waals surface area (Å²) in [5, 5.41) is 9.34. The molecule has 1 N–H and O–H groups in total. The standard InChI is InChI=1S/C28H29NO4/c1-3-20-9-11-21(12-10-20)16-28(2)17-24-15-23(13-14-25(24)33-28)27(32)29(19-26(30)31)18-22-7-5-4-6-8-22/h4-15H,3,16-19H2,1-2H3,(H,30,31)/t28-/m1/s1. The first kappa shape index (κ1) is 22.6. The smallest absolute Gasteiger partial charge is 0.323 e. The molecule has 33 heavy (non-hydrogen) atoms. The molecular formula is C28H29NO4. The number of aryl methyl sites for hydroxylation is 1. The van der Waals surface area contributed by atoms with Crippen LogP contribution in [0.4, 0.5) is 0 Å². The molecule has 0 aromatic heterocycles. The van der Waals surface area contributed by atoms with Crippen LogP contribution in [0.1, 0.15) is 46.5 Å². The third kappa shape index (κ3) is 5.43. The van der Waals surface area contributed by atoms with E-state index < -0.39 is 5.97 Å². The lowest BCUT2D eigenvalue weighted by atomic mass is 9.91. The Morgan fingerprint density at radius 1 is 0.970 bits per heavy atom. The van der Waals surface area contributed by atoms with Crippen LogP contribution in [0.5, 0.6) is 5.75 Å². The minimum atomic E-state index is -1.04. The third-order valence-electron chi connectivity index (χ3n) is 6.07. The number of nitrogens with zero attached hydrogens (tertiary/aromatic N) is 1. The normalized spacial score (nSPS) is 16.7. The van der Waals surface area contributed by atoms with Crippen molar-refractivity contribution in [2.24, 2.45) is 0 Å². The van der Waals surface area contributed by atoms with Crippen LogP contribution in [0, 0.1) is 0 Å². The average molecular weight is 444 g/mol. The molecule has 1 atom stereocenters. The maximum Gasteiger partial charge on any atom is 0.323 e. The minimum absolute atomic E-state index is 0.241. The van der Waals surface area contributed by atoms with Crippen molar-refractivity contribution in [3.63, 3.8) is 0 Å². The Balaban J connectivity index is 1.51. The van der Waals surface area contributed by atoms with Gasteiger partial charge in [0.1, 0.15) is 17.9 Å². The van der Waals surface area contributed by atoms with Gasteiger partial charge in [0.2, 0.25) is 0 Å². The van der Waals surface area contributed by atoms with E-state index in [-0.39, 0.29) is 24.6 Å². The molecular weight excluding hydrogens is 414 g/mol. The second kappa shape index (κ2) is 9.49. The van der Waals surface area contributed by atoms with Crippen molar-refractivity contribution in [1.29, 1.82) is 0 Å². The van der Waals surface area contributed by atoms with Crippen molar-refractivity contribution in [2.45, 2.75) is 45.3 Å². The first-order valence-corrected chi connectivity index (χ1v) is 11.3. The molecule has 0 unspecified atom stereocenters. The molecule has 1 aliphatic rings. The molecule has 1 heterocycles. The second-order valence-corrected chi connectivity index (χ2v) is 8.94. The Morgan fingerprint density at radius 3 is 2.33 bits per heavy atom. The Morgan fingerprint density at radius 2 is 1.67 bits per heavy atom. The molecule has 0 spiro atoms. The molecule has 0 radical (unpaired) electrons. The van der Waals surface area contributed by atoms with E-state index in [0.29, 0.717) is 12.0 Å². The number of hydrogen-bond donors (Lipinski definition) is 1. The first-order chi connectivity index (χ1) is 15.8. The fourth-order valence-electron chi connectivity index (χ4n) is 4.43. The van der Waals surface area contributed by atoms with Crippen molar-refractivity contribution in [3.05, 3.63) is 101 Å². The van der Waals surface area contributed by atoms with Crippen LogP contribution in [-0.2, 0) is 30.6 Å². The second-order valence-electron chi connectivity index (χ2n) is 8.94. The van der Waals surface area contributed by atoms with Crippen LogP contribution >= 0.6 is 0 Å². The van der Waals surface area contributed by atoms with Crippen molar-refractivity contribution in [3.8, 4) is 5.75 Å². The molecule has 0 saturated carbocycles. The van der Waals surface area contributed by atoms with Crippen molar-refractivity contribution in [2.75, 3.05) is 6.54 Å². The van der Waals surface area contributed by atoms with E-state index in [2.05, 4.69) is 38.1 Å². The topological polar surface area (TPSA) is 66.8 Å². The number of carbonyl (C=O) groups is 2. The lowest BCUT2D eigenvalue weighted by Gasteiger charge is -2.24. The zero-order valence-electron chi connectivity index (χ0n) is 19.1. The predicted molar refractivity (Wildman–Crippen MR) is 128 cm³/mol. The predicted octanol–water partition coefficient (Wildman–Crippen LogP) is 4.91. The van der Waals surface area contributed by atoms with Gasteiger partial charge in [0.05, 0.1) is 0 Å². The van der Waals surface area contributed by atoms with Gasteiger partial charge >= 0.3 is 5.97 Å². The van der Waals surface area contributed by atoms with Gasteiger partial charge in [0.25, 0.3) is 5.91 Å². The number of ether oxygens (including phenoxy) is 1. The molecule has 3 aromatic carbocycles. The summed E-state index contributed by atoms with van der Waals surface area (Å²) in [6, 6.07) is 23.4. The van der Waals surface area contributed by atoms with Crippen molar-refractivity contribution < 1.29 is 19.4 Å². The van der Waals surface area contributed by atoms with Gasteiger partial charge < -0.3 is 14.7 Å². The van der Waals surface area contributed by atoms with Gasteiger partial charge in [0, 0.05) is 24.9 Å². The molecule has 1 amide bonds. The lowest BCUT2D eigenvalue weighted by Crippen LogP contribution is -2.35. The Kier molecular flexibility index (Phi) is 6.50.